The van der Waals surface area contributed by atoms with Crippen molar-refractivity contribution in [1.82, 2.24) is 15.0 Å². The molecule has 0 spiro atoms. The first-order valence-corrected chi connectivity index (χ1v) is 10.5. The maximum Gasteiger partial charge on any atom is 0.262 e. The third-order valence-corrected chi connectivity index (χ3v) is 4.69. The molecule has 0 radical (unpaired) electrons. The predicted octanol–water partition coefficient (Wildman–Crippen LogP) is 4.69. The fourth-order valence-electron chi connectivity index (χ4n) is 3.05. The molecule has 0 aliphatic heterocycles. The van der Waals surface area contributed by atoms with Crippen LogP contribution in [-0.2, 0) is 4.79 Å². The number of hydrogen-bond acceptors (Lipinski definition) is 8. The lowest BCUT2D eigenvalue weighted by Crippen LogP contribution is -2.20. The average molecular weight is 457 g/mol. The van der Waals surface area contributed by atoms with Crippen molar-refractivity contribution in [2.75, 3.05) is 29.7 Å². The van der Waals surface area contributed by atoms with Crippen molar-refractivity contribution in [2.45, 2.75) is 6.92 Å². The molecule has 4 aromatic rings. The Labute approximate surface area is 197 Å². The number of amides is 1. The van der Waals surface area contributed by atoms with E-state index < -0.39 is 0 Å². The van der Waals surface area contributed by atoms with E-state index in [1.54, 1.807) is 49.7 Å². The minimum absolute atomic E-state index is 0.111. The fourth-order valence-corrected chi connectivity index (χ4v) is 3.05. The van der Waals surface area contributed by atoms with Crippen molar-refractivity contribution in [1.29, 1.82) is 0 Å². The molecule has 0 saturated heterocycles. The topological polar surface area (TPSA) is 110 Å². The standard InChI is InChI=1S/C25H24N6O3/c1-17-10-11-26-22(12-17)31-24-14-23(27-16-28-24)29-18-6-8-19(9-7-18)30-25(32)15-34-21-5-3-4-20(13-21)33-2/h3-14,16H,15H2,1-2H3,(H,30,32)(H2,26,27,28,29,31). The van der Waals surface area contributed by atoms with E-state index in [2.05, 4.69) is 30.9 Å². The number of methoxy groups -OCH3 is 1. The van der Waals surface area contributed by atoms with Crippen molar-refractivity contribution in [3.63, 3.8) is 0 Å². The van der Waals surface area contributed by atoms with E-state index in [4.69, 9.17) is 9.47 Å². The van der Waals surface area contributed by atoms with E-state index in [0.717, 1.165) is 11.3 Å². The molecule has 0 saturated carbocycles. The number of nitrogens with one attached hydrogen (secondary N) is 3. The molecule has 4 rings (SSSR count). The van der Waals surface area contributed by atoms with E-state index in [9.17, 15) is 4.79 Å². The van der Waals surface area contributed by atoms with Gasteiger partial charge in [-0.1, -0.05) is 6.07 Å². The van der Waals surface area contributed by atoms with Gasteiger partial charge in [0.05, 0.1) is 7.11 Å². The van der Waals surface area contributed by atoms with Crippen molar-refractivity contribution < 1.29 is 14.3 Å². The van der Waals surface area contributed by atoms with Gasteiger partial charge < -0.3 is 25.4 Å². The van der Waals surface area contributed by atoms with Gasteiger partial charge >= 0.3 is 0 Å². The normalized spacial score (nSPS) is 10.3. The summed E-state index contributed by atoms with van der Waals surface area (Å²) in [5, 5.41) is 9.19. The van der Waals surface area contributed by atoms with E-state index in [1.165, 1.54) is 6.33 Å². The van der Waals surface area contributed by atoms with E-state index >= 15 is 0 Å². The van der Waals surface area contributed by atoms with Crippen LogP contribution in [0.1, 0.15) is 5.56 Å². The number of benzene rings is 2. The Morgan fingerprint density at radius 3 is 2.29 bits per heavy atom. The van der Waals surface area contributed by atoms with E-state index in [1.807, 2.05) is 37.3 Å². The highest BCUT2D eigenvalue weighted by Gasteiger charge is 2.06. The summed E-state index contributed by atoms with van der Waals surface area (Å²) in [6.07, 6.45) is 3.21. The van der Waals surface area contributed by atoms with Gasteiger partial charge in [0.1, 0.15) is 35.3 Å². The van der Waals surface area contributed by atoms with E-state index in [0.29, 0.717) is 34.6 Å². The number of hydrogen-bond donors (Lipinski definition) is 3. The van der Waals surface area contributed by atoms with E-state index in [-0.39, 0.29) is 12.5 Å². The summed E-state index contributed by atoms with van der Waals surface area (Å²) in [6, 6.07) is 20.0. The second-order valence-corrected chi connectivity index (χ2v) is 7.35. The summed E-state index contributed by atoms with van der Waals surface area (Å²) in [7, 11) is 1.58. The Morgan fingerprint density at radius 1 is 0.824 bits per heavy atom. The van der Waals surface area contributed by atoms with Crippen molar-refractivity contribution >= 4 is 34.7 Å². The number of pyridine rings is 1. The van der Waals surface area contributed by atoms with Crippen LogP contribution in [-0.4, -0.2) is 34.6 Å². The Hall–Kier alpha value is -4.66. The Balaban J connectivity index is 1.30. The zero-order chi connectivity index (χ0) is 23.8. The first kappa shape index (κ1) is 22.5. The Bertz CT molecular complexity index is 1260. The lowest BCUT2D eigenvalue weighted by Gasteiger charge is -2.10. The van der Waals surface area contributed by atoms with Gasteiger partial charge in [0.15, 0.2) is 6.61 Å². The van der Waals surface area contributed by atoms with Crippen LogP contribution < -0.4 is 25.4 Å². The molecule has 0 aliphatic rings. The zero-order valence-electron chi connectivity index (χ0n) is 18.8. The van der Waals surface area contributed by atoms with Gasteiger partial charge in [0.25, 0.3) is 5.91 Å². The number of aryl methyl sites for hydroxylation is 1. The highest BCUT2D eigenvalue weighted by molar-refractivity contribution is 5.92. The predicted molar refractivity (Wildman–Crippen MR) is 131 cm³/mol. The maximum absolute atomic E-state index is 12.2. The Kier molecular flexibility index (Phi) is 7.14. The molecule has 3 N–H and O–H groups in total. The first-order chi connectivity index (χ1) is 16.6. The molecule has 2 aromatic carbocycles. The molecule has 0 aliphatic carbocycles. The van der Waals surface area contributed by atoms with Crippen LogP contribution in [0.3, 0.4) is 0 Å². The van der Waals surface area contributed by atoms with Gasteiger partial charge in [0.2, 0.25) is 0 Å². The largest absolute Gasteiger partial charge is 0.497 e. The number of carbonyl (C=O) groups is 1. The smallest absolute Gasteiger partial charge is 0.262 e. The third kappa shape index (κ3) is 6.42. The van der Waals surface area contributed by atoms with Crippen LogP contribution in [0, 0.1) is 6.92 Å². The summed E-state index contributed by atoms with van der Waals surface area (Å²) >= 11 is 0. The van der Waals surface area contributed by atoms with Gasteiger partial charge in [-0.25, -0.2) is 15.0 Å². The summed E-state index contributed by atoms with van der Waals surface area (Å²) in [5.74, 6) is 2.91. The molecule has 9 nitrogen and oxygen atoms in total. The lowest BCUT2D eigenvalue weighted by atomic mass is 10.2. The third-order valence-electron chi connectivity index (χ3n) is 4.69. The second kappa shape index (κ2) is 10.8. The van der Waals surface area contributed by atoms with Crippen LogP contribution in [0.15, 0.2) is 79.3 Å². The molecule has 0 atom stereocenters. The van der Waals surface area contributed by atoms with Crippen LogP contribution in [0.2, 0.25) is 0 Å². The SMILES string of the molecule is COc1cccc(OCC(=O)Nc2ccc(Nc3cc(Nc4cc(C)ccn4)ncn3)cc2)c1. The number of anilines is 5. The summed E-state index contributed by atoms with van der Waals surface area (Å²) < 4.78 is 10.7. The molecule has 2 aromatic heterocycles. The molecular formula is C25H24N6O3. The number of aromatic nitrogens is 3. The maximum atomic E-state index is 12.2. The van der Waals surface area contributed by atoms with Crippen LogP contribution in [0.5, 0.6) is 11.5 Å². The molecule has 172 valence electrons. The molecule has 34 heavy (non-hydrogen) atoms. The van der Waals surface area contributed by atoms with Gasteiger partial charge in [-0.3, -0.25) is 4.79 Å². The van der Waals surface area contributed by atoms with Crippen molar-refractivity contribution in [3.8, 4) is 11.5 Å². The number of ether oxygens (including phenoxy) is 2. The molecule has 2 heterocycles. The quantitative estimate of drug-likeness (QED) is 0.333. The van der Waals surface area contributed by atoms with Gasteiger partial charge in [-0.05, 0) is 61.0 Å². The summed E-state index contributed by atoms with van der Waals surface area (Å²) in [5.41, 5.74) is 2.56. The zero-order valence-corrected chi connectivity index (χ0v) is 18.8. The van der Waals surface area contributed by atoms with Gasteiger partial charge in [0, 0.05) is 29.7 Å². The van der Waals surface area contributed by atoms with Crippen LogP contribution >= 0.6 is 0 Å². The minimum atomic E-state index is -0.264. The lowest BCUT2D eigenvalue weighted by molar-refractivity contribution is -0.118. The monoisotopic (exact) mass is 456 g/mol. The van der Waals surface area contributed by atoms with Gasteiger partial charge in [-0.2, -0.15) is 0 Å². The molecular weight excluding hydrogens is 432 g/mol. The summed E-state index contributed by atoms with van der Waals surface area (Å²) in [6.45, 7) is 1.89. The molecule has 1 amide bonds. The average Bonchev–Trinajstić information content (AvgIpc) is 2.84. The molecule has 0 bridgehead atoms. The van der Waals surface area contributed by atoms with Crippen LogP contribution in [0.4, 0.5) is 28.8 Å². The van der Waals surface area contributed by atoms with Gasteiger partial charge in [-0.15, -0.1) is 0 Å². The van der Waals surface area contributed by atoms with Crippen molar-refractivity contribution in [2.24, 2.45) is 0 Å². The highest BCUT2D eigenvalue weighted by Crippen LogP contribution is 2.21. The molecule has 0 unspecified atom stereocenters. The summed E-state index contributed by atoms with van der Waals surface area (Å²) in [4.78, 5) is 25.0. The van der Waals surface area contributed by atoms with Crippen LogP contribution in [0.25, 0.3) is 0 Å². The second-order valence-electron chi connectivity index (χ2n) is 7.35. The number of carbonyl (C=O) groups excluding carboxylic acids is 1. The Morgan fingerprint density at radius 2 is 1.53 bits per heavy atom. The highest BCUT2D eigenvalue weighted by atomic mass is 16.5. The number of nitrogens with zero attached hydrogens (tertiary/aromatic N) is 3. The minimum Gasteiger partial charge on any atom is -0.497 e. The fraction of sp³-hybridized carbons (Fsp3) is 0.120. The van der Waals surface area contributed by atoms with Crippen molar-refractivity contribution in [3.05, 3.63) is 84.8 Å². The molecule has 0 fully saturated rings. The first-order valence-electron chi connectivity index (χ1n) is 10.5. The molecule has 9 heteroatoms. The number of rotatable bonds is 9.